The minimum Gasteiger partial charge on any atom is -0.315 e. The maximum Gasteiger partial charge on any atom is 0.332 e. The molecule has 4 aromatic rings. The SMILES string of the molecule is CCCCn1c(-c2ccc(Cl)cc2)csc1=NNc1nc2c(c(=O)n(C)c(=O)n2C)n1C. The van der Waals surface area contributed by atoms with Crippen molar-refractivity contribution in [1.29, 1.82) is 0 Å². The van der Waals surface area contributed by atoms with Gasteiger partial charge >= 0.3 is 5.69 Å². The molecule has 0 spiro atoms. The van der Waals surface area contributed by atoms with Crippen LogP contribution in [0.5, 0.6) is 0 Å². The lowest BCUT2D eigenvalue weighted by molar-refractivity contribution is 0.622. The first-order valence-corrected chi connectivity index (χ1v) is 11.5. The van der Waals surface area contributed by atoms with E-state index >= 15 is 0 Å². The zero-order valence-corrected chi connectivity index (χ0v) is 19.9. The third-order valence-corrected chi connectivity index (χ3v) is 6.52. The van der Waals surface area contributed by atoms with Crippen LogP contribution in [0.2, 0.25) is 5.02 Å². The van der Waals surface area contributed by atoms with E-state index in [1.54, 1.807) is 18.7 Å². The van der Waals surface area contributed by atoms with Crippen molar-refractivity contribution in [3.05, 3.63) is 60.3 Å². The van der Waals surface area contributed by atoms with Gasteiger partial charge in [0.1, 0.15) is 0 Å². The molecule has 3 aromatic heterocycles. The van der Waals surface area contributed by atoms with Crippen LogP contribution >= 0.6 is 22.9 Å². The van der Waals surface area contributed by atoms with Gasteiger partial charge < -0.3 is 9.13 Å². The second kappa shape index (κ2) is 8.79. The molecule has 0 saturated carbocycles. The van der Waals surface area contributed by atoms with Crippen LogP contribution in [0.15, 0.2) is 44.3 Å². The highest BCUT2D eigenvalue weighted by atomic mass is 35.5. The molecule has 9 nitrogen and oxygen atoms in total. The largest absolute Gasteiger partial charge is 0.332 e. The molecule has 0 radical (unpaired) electrons. The number of benzene rings is 1. The van der Waals surface area contributed by atoms with Gasteiger partial charge in [0.05, 0.1) is 5.69 Å². The molecule has 1 aromatic carbocycles. The molecule has 0 amide bonds. The summed E-state index contributed by atoms with van der Waals surface area (Å²) in [5.41, 5.74) is 4.92. The number of nitrogens with one attached hydrogen (secondary N) is 1. The van der Waals surface area contributed by atoms with Crippen molar-refractivity contribution >= 4 is 40.0 Å². The van der Waals surface area contributed by atoms with E-state index in [4.69, 9.17) is 11.6 Å². The van der Waals surface area contributed by atoms with Gasteiger partial charge in [-0.3, -0.25) is 13.9 Å². The Morgan fingerprint density at radius 3 is 2.50 bits per heavy atom. The van der Waals surface area contributed by atoms with Crippen LogP contribution < -0.4 is 21.5 Å². The summed E-state index contributed by atoms with van der Waals surface area (Å²) >= 11 is 7.56. The monoisotopic (exact) mass is 473 g/mol. The standard InChI is InChI=1S/C21H24ClN7O2S/c1-5-6-11-29-15(13-7-9-14(22)10-8-13)12-32-20(29)25-24-19-23-17-16(26(19)2)18(30)28(4)21(31)27(17)3/h7-10,12H,5-6,11H2,1-4H3,(H,23,24). The second-order valence-electron chi connectivity index (χ2n) is 7.51. The number of fused-ring (bicyclic) bond motifs is 1. The van der Waals surface area contributed by atoms with Crippen LogP contribution in [0.4, 0.5) is 5.95 Å². The molecule has 0 aliphatic carbocycles. The number of anilines is 1. The van der Waals surface area contributed by atoms with Crippen LogP contribution in [0, 0.1) is 0 Å². The molecule has 0 aliphatic rings. The van der Waals surface area contributed by atoms with Crippen molar-refractivity contribution in [1.82, 2.24) is 23.3 Å². The van der Waals surface area contributed by atoms with E-state index in [1.165, 1.54) is 23.0 Å². The number of hydrogen-bond donors (Lipinski definition) is 1. The molecule has 0 fully saturated rings. The van der Waals surface area contributed by atoms with E-state index in [2.05, 4.69) is 32.4 Å². The summed E-state index contributed by atoms with van der Waals surface area (Å²) in [5.74, 6) is 0.377. The molecule has 0 unspecified atom stereocenters. The van der Waals surface area contributed by atoms with Gasteiger partial charge in [0.15, 0.2) is 11.2 Å². The first kappa shape index (κ1) is 22.1. The Hall–Kier alpha value is -3.11. The molecule has 4 rings (SSSR count). The average molecular weight is 474 g/mol. The van der Waals surface area contributed by atoms with Gasteiger partial charge in [0.25, 0.3) is 5.56 Å². The fourth-order valence-electron chi connectivity index (χ4n) is 3.52. The number of hydrogen-bond acceptors (Lipinski definition) is 6. The van der Waals surface area contributed by atoms with E-state index in [9.17, 15) is 9.59 Å². The first-order valence-electron chi connectivity index (χ1n) is 10.2. The summed E-state index contributed by atoms with van der Waals surface area (Å²) in [4.78, 5) is 30.0. The van der Waals surface area contributed by atoms with Gasteiger partial charge in [-0.05, 0) is 24.1 Å². The quantitative estimate of drug-likeness (QED) is 0.436. The fraction of sp³-hybridized carbons (Fsp3) is 0.333. The predicted molar refractivity (Wildman–Crippen MR) is 128 cm³/mol. The highest BCUT2D eigenvalue weighted by molar-refractivity contribution is 7.07. The predicted octanol–water partition coefficient (Wildman–Crippen LogP) is 2.88. The lowest BCUT2D eigenvalue weighted by Crippen LogP contribution is -2.37. The van der Waals surface area contributed by atoms with E-state index in [-0.39, 0.29) is 0 Å². The highest BCUT2D eigenvalue weighted by Crippen LogP contribution is 2.23. The summed E-state index contributed by atoms with van der Waals surface area (Å²) < 4.78 is 6.20. The molecule has 32 heavy (non-hydrogen) atoms. The van der Waals surface area contributed by atoms with E-state index in [0.717, 1.165) is 40.0 Å². The van der Waals surface area contributed by atoms with Gasteiger partial charge in [-0.1, -0.05) is 37.1 Å². The van der Waals surface area contributed by atoms with Gasteiger partial charge in [0, 0.05) is 38.1 Å². The van der Waals surface area contributed by atoms with Crippen molar-refractivity contribution in [3.8, 4) is 11.3 Å². The number of aryl methyl sites for hydroxylation is 2. The number of imidazole rings is 1. The molecular formula is C21H24ClN7O2S. The molecule has 0 bridgehead atoms. The van der Waals surface area contributed by atoms with E-state index in [0.29, 0.717) is 22.1 Å². The number of aromatic nitrogens is 5. The van der Waals surface area contributed by atoms with Crippen LogP contribution in [-0.4, -0.2) is 23.3 Å². The van der Waals surface area contributed by atoms with Gasteiger partial charge in [-0.2, -0.15) is 4.98 Å². The molecule has 0 aliphatic heterocycles. The minimum atomic E-state index is -0.424. The van der Waals surface area contributed by atoms with Gasteiger partial charge in [0.2, 0.25) is 10.7 Å². The summed E-state index contributed by atoms with van der Waals surface area (Å²) in [7, 11) is 4.77. The molecule has 0 saturated heterocycles. The molecule has 0 atom stereocenters. The summed E-state index contributed by atoms with van der Waals surface area (Å²) in [6.45, 7) is 2.96. The summed E-state index contributed by atoms with van der Waals surface area (Å²) in [6, 6.07) is 7.73. The van der Waals surface area contributed by atoms with E-state index in [1.807, 2.05) is 24.3 Å². The molecular weight excluding hydrogens is 450 g/mol. The van der Waals surface area contributed by atoms with Crippen molar-refractivity contribution < 1.29 is 0 Å². The highest BCUT2D eigenvalue weighted by Gasteiger charge is 2.17. The van der Waals surface area contributed by atoms with Crippen LogP contribution in [-0.2, 0) is 27.7 Å². The molecule has 11 heteroatoms. The average Bonchev–Trinajstić information content (AvgIpc) is 3.34. The molecule has 1 N–H and O–H groups in total. The zero-order valence-electron chi connectivity index (χ0n) is 18.3. The third-order valence-electron chi connectivity index (χ3n) is 5.40. The number of unbranched alkanes of at least 4 members (excludes halogenated alkanes) is 1. The van der Waals surface area contributed by atoms with Crippen LogP contribution in [0.1, 0.15) is 19.8 Å². The van der Waals surface area contributed by atoms with Crippen LogP contribution in [0.3, 0.4) is 0 Å². The van der Waals surface area contributed by atoms with Crippen LogP contribution in [0.25, 0.3) is 22.4 Å². The van der Waals surface area contributed by atoms with Crippen molar-refractivity contribution in [2.45, 2.75) is 26.3 Å². The van der Waals surface area contributed by atoms with Crippen molar-refractivity contribution in [2.24, 2.45) is 26.2 Å². The Morgan fingerprint density at radius 1 is 1.09 bits per heavy atom. The number of thiazole rings is 1. The lowest BCUT2D eigenvalue weighted by atomic mass is 10.1. The molecule has 168 valence electrons. The Balaban J connectivity index is 1.79. The smallest absolute Gasteiger partial charge is 0.315 e. The normalized spacial score (nSPS) is 12.1. The van der Waals surface area contributed by atoms with Crippen molar-refractivity contribution in [3.63, 3.8) is 0 Å². The molecule has 3 heterocycles. The zero-order chi connectivity index (χ0) is 23.0. The lowest BCUT2D eigenvalue weighted by Gasteiger charge is -2.09. The third kappa shape index (κ3) is 3.80. The number of nitrogens with zero attached hydrogens (tertiary/aromatic N) is 6. The Bertz CT molecular complexity index is 1470. The fourth-order valence-corrected chi connectivity index (χ4v) is 4.54. The Labute approximate surface area is 192 Å². The minimum absolute atomic E-state index is 0.310. The maximum absolute atomic E-state index is 12.6. The first-order chi connectivity index (χ1) is 15.3. The van der Waals surface area contributed by atoms with Gasteiger partial charge in [-0.15, -0.1) is 16.4 Å². The van der Waals surface area contributed by atoms with E-state index < -0.39 is 11.2 Å². The van der Waals surface area contributed by atoms with Crippen molar-refractivity contribution in [2.75, 3.05) is 5.43 Å². The van der Waals surface area contributed by atoms with Gasteiger partial charge in [-0.25, -0.2) is 10.2 Å². The number of halogens is 1. The Morgan fingerprint density at radius 2 is 1.81 bits per heavy atom. The topological polar surface area (TPSA) is 91.1 Å². The summed E-state index contributed by atoms with van der Waals surface area (Å²) in [6.07, 6.45) is 2.06. The second-order valence-corrected chi connectivity index (χ2v) is 8.78. The summed E-state index contributed by atoms with van der Waals surface area (Å²) in [5, 5.41) is 7.34. The maximum atomic E-state index is 12.6. The number of rotatable bonds is 6. The Kier molecular flexibility index (Phi) is 6.07.